The molecule has 1 aromatic carbocycles. The molecule has 130 valence electrons. The van der Waals surface area contributed by atoms with Crippen molar-refractivity contribution in [2.75, 3.05) is 0 Å². The molecule has 2 aliphatic rings. The van der Waals surface area contributed by atoms with E-state index in [9.17, 15) is 4.79 Å². The third-order valence-electron chi connectivity index (χ3n) is 5.50. The summed E-state index contributed by atoms with van der Waals surface area (Å²) in [6.45, 7) is 4.28. The standard InChI is InChI=1S/C23H26O2/c1-4-19(15-14-17-10-6-5-7-11-17)25-22(24)21-20(23(21,2)3)16-18-12-8-9-13-18/h1,5-7,10-11,14-16,19-21H,8-9,12-13H2,2-3H3/b15-14+. The minimum Gasteiger partial charge on any atom is -0.445 e. The maximum atomic E-state index is 12.6. The molecule has 0 aliphatic heterocycles. The van der Waals surface area contributed by atoms with Crippen LogP contribution in [0.2, 0.25) is 0 Å². The predicted octanol–water partition coefficient (Wildman–Crippen LogP) is 5.02. The van der Waals surface area contributed by atoms with Crippen LogP contribution in [0.5, 0.6) is 0 Å². The first-order chi connectivity index (χ1) is 12.0. The molecule has 0 saturated heterocycles. The van der Waals surface area contributed by atoms with Crippen molar-refractivity contribution in [3.8, 4) is 12.3 Å². The van der Waals surface area contributed by atoms with Gasteiger partial charge >= 0.3 is 5.97 Å². The average molecular weight is 334 g/mol. The summed E-state index contributed by atoms with van der Waals surface area (Å²) in [6, 6.07) is 9.86. The number of ether oxygens (including phenoxy) is 1. The first-order valence-electron chi connectivity index (χ1n) is 9.12. The molecule has 0 bridgehead atoms. The molecule has 2 heteroatoms. The van der Waals surface area contributed by atoms with Crippen molar-refractivity contribution in [3.63, 3.8) is 0 Å². The fourth-order valence-electron chi connectivity index (χ4n) is 3.78. The van der Waals surface area contributed by atoms with Crippen molar-refractivity contribution >= 4 is 12.0 Å². The van der Waals surface area contributed by atoms with Gasteiger partial charge < -0.3 is 4.74 Å². The van der Waals surface area contributed by atoms with Crippen LogP contribution in [0.4, 0.5) is 0 Å². The van der Waals surface area contributed by atoms with Gasteiger partial charge in [-0.2, -0.15) is 0 Å². The number of esters is 1. The minimum atomic E-state index is -0.621. The molecule has 0 radical (unpaired) electrons. The topological polar surface area (TPSA) is 26.3 Å². The van der Waals surface area contributed by atoms with Gasteiger partial charge in [0, 0.05) is 0 Å². The Hall–Kier alpha value is -2.27. The van der Waals surface area contributed by atoms with Crippen LogP contribution in [0.15, 0.2) is 48.1 Å². The van der Waals surface area contributed by atoms with Crippen molar-refractivity contribution < 1.29 is 9.53 Å². The first-order valence-corrected chi connectivity index (χ1v) is 9.12. The maximum Gasteiger partial charge on any atom is 0.311 e. The molecule has 3 rings (SSSR count). The zero-order chi connectivity index (χ0) is 17.9. The monoisotopic (exact) mass is 334 g/mol. The van der Waals surface area contributed by atoms with Crippen LogP contribution >= 0.6 is 0 Å². The molecule has 2 nitrogen and oxygen atoms in total. The molecule has 0 amide bonds. The Kier molecular flexibility index (Phi) is 5.13. The number of benzene rings is 1. The van der Waals surface area contributed by atoms with Crippen molar-refractivity contribution in [3.05, 3.63) is 53.6 Å². The summed E-state index contributed by atoms with van der Waals surface area (Å²) in [5.74, 6) is 2.58. The van der Waals surface area contributed by atoms with E-state index in [4.69, 9.17) is 11.2 Å². The van der Waals surface area contributed by atoms with Gasteiger partial charge in [0.25, 0.3) is 0 Å². The van der Waals surface area contributed by atoms with Gasteiger partial charge in [0.15, 0.2) is 6.10 Å². The summed E-state index contributed by atoms with van der Waals surface area (Å²) in [7, 11) is 0. The Bertz CT molecular complexity index is 710. The molecule has 3 atom stereocenters. The van der Waals surface area contributed by atoms with Crippen LogP contribution in [0.25, 0.3) is 6.08 Å². The van der Waals surface area contributed by atoms with E-state index in [0.717, 1.165) is 5.56 Å². The molecule has 0 aromatic heterocycles. The fraction of sp³-hybridized carbons (Fsp3) is 0.435. The van der Waals surface area contributed by atoms with Crippen LogP contribution in [0, 0.1) is 29.6 Å². The molecular weight excluding hydrogens is 308 g/mol. The Labute approximate surface area is 151 Å². The van der Waals surface area contributed by atoms with Crippen LogP contribution < -0.4 is 0 Å². The van der Waals surface area contributed by atoms with Gasteiger partial charge in [0.1, 0.15) is 0 Å². The maximum absolute atomic E-state index is 12.6. The largest absolute Gasteiger partial charge is 0.445 e. The van der Waals surface area contributed by atoms with E-state index in [1.807, 2.05) is 36.4 Å². The summed E-state index contributed by atoms with van der Waals surface area (Å²) in [5.41, 5.74) is 2.51. The quantitative estimate of drug-likeness (QED) is 0.429. The number of carbonyl (C=O) groups excluding carboxylic acids is 1. The normalized spacial score (nSPS) is 25.4. The highest BCUT2D eigenvalue weighted by Gasteiger charge is 2.61. The highest BCUT2D eigenvalue weighted by Crippen LogP contribution is 2.60. The summed E-state index contributed by atoms with van der Waals surface area (Å²) in [4.78, 5) is 12.6. The summed E-state index contributed by atoms with van der Waals surface area (Å²) in [5, 5.41) is 0. The molecule has 0 N–H and O–H groups in total. The Morgan fingerprint density at radius 2 is 1.96 bits per heavy atom. The number of hydrogen-bond acceptors (Lipinski definition) is 2. The second kappa shape index (κ2) is 7.31. The van der Waals surface area contributed by atoms with Crippen LogP contribution in [0.3, 0.4) is 0 Å². The second-order valence-electron chi connectivity index (χ2n) is 7.65. The van der Waals surface area contributed by atoms with Gasteiger partial charge in [0.2, 0.25) is 0 Å². The SMILES string of the molecule is C#CC(/C=C/c1ccccc1)OC(=O)C1C(C=C2CCCC2)C1(C)C. The Morgan fingerprint density at radius 1 is 1.28 bits per heavy atom. The predicted molar refractivity (Wildman–Crippen MR) is 102 cm³/mol. The van der Waals surface area contributed by atoms with E-state index in [1.165, 1.54) is 31.3 Å². The molecule has 0 heterocycles. The third kappa shape index (κ3) is 4.04. The third-order valence-corrected chi connectivity index (χ3v) is 5.50. The summed E-state index contributed by atoms with van der Waals surface area (Å²) in [6.07, 6.45) is 15.8. The van der Waals surface area contributed by atoms with Gasteiger partial charge in [-0.1, -0.05) is 67.8 Å². The molecular formula is C23H26O2. The van der Waals surface area contributed by atoms with E-state index in [2.05, 4.69) is 25.8 Å². The smallest absolute Gasteiger partial charge is 0.311 e. The lowest BCUT2D eigenvalue weighted by atomic mass is 10.1. The van der Waals surface area contributed by atoms with Gasteiger partial charge in [-0.3, -0.25) is 4.79 Å². The van der Waals surface area contributed by atoms with Crippen molar-refractivity contribution in [1.29, 1.82) is 0 Å². The highest BCUT2D eigenvalue weighted by atomic mass is 16.5. The number of allylic oxidation sites excluding steroid dienone is 2. The van der Waals surface area contributed by atoms with E-state index in [0.29, 0.717) is 0 Å². The van der Waals surface area contributed by atoms with Crippen molar-refractivity contribution in [2.24, 2.45) is 17.3 Å². The average Bonchev–Trinajstić information content (AvgIpc) is 2.94. The molecule has 2 aliphatic carbocycles. The molecule has 3 unspecified atom stereocenters. The molecule has 2 fully saturated rings. The van der Waals surface area contributed by atoms with Crippen LogP contribution in [-0.2, 0) is 9.53 Å². The number of terminal acetylenes is 1. The molecule has 1 aromatic rings. The van der Waals surface area contributed by atoms with Gasteiger partial charge in [0.05, 0.1) is 5.92 Å². The van der Waals surface area contributed by atoms with E-state index in [1.54, 1.807) is 6.08 Å². The second-order valence-corrected chi connectivity index (χ2v) is 7.65. The zero-order valence-electron chi connectivity index (χ0n) is 15.1. The van der Waals surface area contributed by atoms with E-state index in [-0.39, 0.29) is 23.2 Å². The number of hydrogen-bond donors (Lipinski definition) is 0. The van der Waals surface area contributed by atoms with Crippen molar-refractivity contribution in [1.82, 2.24) is 0 Å². The summed E-state index contributed by atoms with van der Waals surface area (Å²) < 4.78 is 5.58. The minimum absolute atomic E-state index is 0.0328. The number of rotatable bonds is 5. The van der Waals surface area contributed by atoms with Crippen molar-refractivity contribution in [2.45, 2.75) is 45.6 Å². The molecule has 2 saturated carbocycles. The number of carbonyl (C=O) groups is 1. The Balaban J connectivity index is 1.61. The lowest BCUT2D eigenvalue weighted by molar-refractivity contribution is -0.147. The fourth-order valence-corrected chi connectivity index (χ4v) is 3.78. The lowest BCUT2D eigenvalue weighted by Gasteiger charge is -2.09. The van der Waals surface area contributed by atoms with Gasteiger partial charge in [-0.25, -0.2) is 0 Å². The summed E-state index contributed by atoms with van der Waals surface area (Å²) >= 11 is 0. The van der Waals surface area contributed by atoms with Crippen LogP contribution in [-0.4, -0.2) is 12.1 Å². The van der Waals surface area contributed by atoms with E-state index < -0.39 is 6.10 Å². The van der Waals surface area contributed by atoms with E-state index >= 15 is 0 Å². The van der Waals surface area contributed by atoms with Crippen LogP contribution in [0.1, 0.15) is 45.1 Å². The molecule has 25 heavy (non-hydrogen) atoms. The Morgan fingerprint density at radius 3 is 2.60 bits per heavy atom. The highest BCUT2D eigenvalue weighted by molar-refractivity contribution is 5.79. The first kappa shape index (κ1) is 17.5. The van der Waals surface area contributed by atoms with Gasteiger partial charge in [-0.05, 0) is 48.7 Å². The zero-order valence-corrected chi connectivity index (χ0v) is 15.1. The van der Waals surface area contributed by atoms with Gasteiger partial charge in [-0.15, -0.1) is 6.42 Å². The molecule has 0 spiro atoms. The lowest BCUT2D eigenvalue weighted by Crippen LogP contribution is -2.17.